The fourth-order valence-electron chi connectivity index (χ4n) is 5.08. The number of ketones is 1. The first-order valence-corrected chi connectivity index (χ1v) is 10.7. The first kappa shape index (κ1) is 21.9. The lowest BCUT2D eigenvalue weighted by Crippen LogP contribution is -2.59. The summed E-state index contributed by atoms with van der Waals surface area (Å²) in [5.41, 5.74) is -1.20. The molecule has 1 saturated heterocycles. The van der Waals surface area contributed by atoms with Crippen LogP contribution in [0.5, 0.6) is 0 Å². The molecule has 2 amide bonds. The summed E-state index contributed by atoms with van der Waals surface area (Å²) in [5, 5.41) is 21.6. The summed E-state index contributed by atoms with van der Waals surface area (Å²) in [5.74, 6) is -0.855. The van der Waals surface area contributed by atoms with Crippen LogP contribution in [-0.4, -0.2) is 57.5 Å². The molecule has 29 heavy (non-hydrogen) atoms. The zero-order valence-corrected chi connectivity index (χ0v) is 18.2. The van der Waals surface area contributed by atoms with Gasteiger partial charge in [0.25, 0.3) is 0 Å². The molecule has 2 aliphatic carbocycles. The van der Waals surface area contributed by atoms with Crippen molar-refractivity contribution in [3.63, 3.8) is 0 Å². The molecule has 0 spiro atoms. The zero-order valence-electron chi connectivity index (χ0n) is 18.2. The summed E-state index contributed by atoms with van der Waals surface area (Å²) in [4.78, 5) is 40.4. The molecule has 2 saturated carbocycles. The highest BCUT2D eigenvalue weighted by Crippen LogP contribution is 2.42. The van der Waals surface area contributed by atoms with Crippen LogP contribution in [0.25, 0.3) is 0 Å². The first-order chi connectivity index (χ1) is 13.3. The van der Waals surface area contributed by atoms with Gasteiger partial charge in [0.1, 0.15) is 6.04 Å². The van der Waals surface area contributed by atoms with Crippen molar-refractivity contribution in [2.75, 3.05) is 6.54 Å². The second kappa shape index (κ2) is 7.49. The Bertz CT molecular complexity index is 719. The van der Waals surface area contributed by atoms with Gasteiger partial charge in [0.2, 0.25) is 11.8 Å². The van der Waals surface area contributed by atoms with E-state index in [-0.39, 0.29) is 40.6 Å². The van der Waals surface area contributed by atoms with Crippen LogP contribution in [0, 0.1) is 28.6 Å². The number of rotatable bonds is 4. The smallest absolute Gasteiger partial charge is 0.243 e. The van der Waals surface area contributed by atoms with Gasteiger partial charge in [-0.25, -0.2) is 0 Å². The Labute approximate surface area is 173 Å². The normalized spacial score (nSPS) is 32.6. The second-order valence-corrected chi connectivity index (χ2v) is 10.8. The minimum Gasteiger partial charge on any atom is -0.390 e. The number of amides is 2. The van der Waals surface area contributed by atoms with Crippen LogP contribution in [-0.2, 0) is 14.4 Å². The number of likely N-dealkylation sites (tertiary alicyclic amines) is 1. The molecule has 3 fully saturated rings. The maximum atomic E-state index is 13.3. The van der Waals surface area contributed by atoms with E-state index in [1.807, 2.05) is 20.8 Å². The molecule has 5 atom stereocenters. The van der Waals surface area contributed by atoms with E-state index in [4.69, 9.17) is 5.41 Å². The third-order valence-corrected chi connectivity index (χ3v) is 6.80. The lowest BCUT2D eigenvalue weighted by molar-refractivity contribution is -0.143. The van der Waals surface area contributed by atoms with Crippen molar-refractivity contribution in [2.24, 2.45) is 23.2 Å². The molecular formula is C22H35N3O4. The van der Waals surface area contributed by atoms with E-state index in [1.165, 1.54) is 0 Å². The van der Waals surface area contributed by atoms with Crippen molar-refractivity contribution in [3.8, 4) is 0 Å². The molecule has 162 valence electrons. The van der Waals surface area contributed by atoms with E-state index in [2.05, 4.69) is 5.32 Å². The molecule has 7 heteroatoms. The van der Waals surface area contributed by atoms with Crippen LogP contribution in [0.15, 0.2) is 0 Å². The lowest BCUT2D eigenvalue weighted by atomic mass is 9.63. The van der Waals surface area contributed by atoms with Gasteiger partial charge >= 0.3 is 0 Å². The summed E-state index contributed by atoms with van der Waals surface area (Å²) in [7, 11) is 0. The number of hydrogen-bond donors (Lipinski definition) is 3. The average molecular weight is 406 g/mol. The van der Waals surface area contributed by atoms with E-state index in [0.717, 1.165) is 12.8 Å². The molecule has 3 rings (SSSR count). The molecule has 0 radical (unpaired) electrons. The highest BCUT2D eigenvalue weighted by molar-refractivity contribution is 6.42. The van der Waals surface area contributed by atoms with E-state index in [0.29, 0.717) is 25.8 Å². The van der Waals surface area contributed by atoms with E-state index >= 15 is 0 Å². The van der Waals surface area contributed by atoms with Crippen molar-refractivity contribution >= 4 is 23.3 Å². The van der Waals surface area contributed by atoms with Gasteiger partial charge in [-0.1, -0.05) is 20.8 Å². The predicted molar refractivity (Wildman–Crippen MR) is 109 cm³/mol. The van der Waals surface area contributed by atoms with E-state index in [1.54, 1.807) is 18.7 Å². The van der Waals surface area contributed by atoms with Crippen molar-refractivity contribution in [2.45, 2.75) is 84.4 Å². The number of carbonyl (C=O) groups is 3. The van der Waals surface area contributed by atoms with E-state index in [9.17, 15) is 19.5 Å². The molecule has 3 N–H and O–H groups in total. The quantitative estimate of drug-likeness (QED) is 0.663. The Balaban J connectivity index is 1.78. The molecule has 3 aliphatic rings. The standard InChI is InChI=1S/C22H35N3O4/c1-21(2,3)11-16(26)25-9-8-14(22(4,5)29)18(25)20(28)24-15-10-12-6-7-13(12)17(23)19(15)27/h12-15,18,23,29H,6-11H2,1-5H3,(H,24,28). The van der Waals surface area contributed by atoms with Crippen LogP contribution < -0.4 is 5.32 Å². The number of carbonyl (C=O) groups excluding carboxylic acids is 3. The Morgan fingerprint density at radius 2 is 1.83 bits per heavy atom. The molecule has 1 heterocycles. The number of nitrogens with zero attached hydrogens (tertiary/aromatic N) is 1. The summed E-state index contributed by atoms with van der Waals surface area (Å²) in [6, 6.07) is -1.50. The topological polar surface area (TPSA) is 111 Å². The van der Waals surface area contributed by atoms with Gasteiger partial charge in [0, 0.05) is 24.8 Å². The zero-order chi connectivity index (χ0) is 21.7. The maximum absolute atomic E-state index is 13.3. The van der Waals surface area contributed by atoms with Gasteiger partial charge in [-0.2, -0.15) is 0 Å². The largest absolute Gasteiger partial charge is 0.390 e. The van der Waals surface area contributed by atoms with Crippen LogP contribution in [0.3, 0.4) is 0 Å². The van der Waals surface area contributed by atoms with Crippen LogP contribution >= 0.6 is 0 Å². The SMILES string of the molecule is CC(C)(C)CC(=O)N1CCC(C(C)(C)O)C1C(=O)NC1CC2CCC2C(=N)C1=O. The van der Waals surface area contributed by atoms with Gasteiger partial charge in [0.15, 0.2) is 5.78 Å². The fourth-order valence-corrected chi connectivity index (χ4v) is 5.08. The van der Waals surface area contributed by atoms with Gasteiger partial charge in [0.05, 0.1) is 17.4 Å². The number of Topliss-reactive ketones (excluding diaryl/α,β-unsaturated/α-hetero) is 1. The van der Waals surface area contributed by atoms with Gasteiger partial charge in [-0.3, -0.25) is 14.4 Å². The summed E-state index contributed by atoms with van der Waals surface area (Å²) < 4.78 is 0. The predicted octanol–water partition coefficient (Wildman–Crippen LogP) is 1.91. The van der Waals surface area contributed by atoms with Crippen LogP contribution in [0.1, 0.15) is 66.7 Å². The number of nitrogens with one attached hydrogen (secondary N) is 2. The molecule has 0 aromatic heterocycles. The molecule has 0 bridgehead atoms. The molecule has 7 nitrogen and oxygen atoms in total. The second-order valence-electron chi connectivity index (χ2n) is 10.8. The van der Waals surface area contributed by atoms with Crippen molar-refractivity contribution in [1.82, 2.24) is 10.2 Å². The highest BCUT2D eigenvalue weighted by atomic mass is 16.3. The third-order valence-electron chi connectivity index (χ3n) is 6.80. The summed E-state index contributed by atoms with van der Waals surface area (Å²) >= 11 is 0. The van der Waals surface area contributed by atoms with Crippen molar-refractivity contribution in [1.29, 1.82) is 5.41 Å². The monoisotopic (exact) mass is 405 g/mol. The number of hydrogen-bond acceptors (Lipinski definition) is 5. The highest BCUT2D eigenvalue weighted by Gasteiger charge is 2.50. The van der Waals surface area contributed by atoms with Gasteiger partial charge in [-0.05, 0) is 50.9 Å². The van der Waals surface area contributed by atoms with Gasteiger partial charge in [-0.15, -0.1) is 0 Å². The molecule has 5 unspecified atom stereocenters. The van der Waals surface area contributed by atoms with Crippen LogP contribution in [0.4, 0.5) is 0 Å². The molecule has 0 aromatic carbocycles. The van der Waals surface area contributed by atoms with E-state index < -0.39 is 23.6 Å². The van der Waals surface area contributed by atoms with Crippen LogP contribution in [0.2, 0.25) is 0 Å². The minimum atomic E-state index is -1.12. The Kier molecular flexibility index (Phi) is 5.67. The Morgan fingerprint density at radius 3 is 2.34 bits per heavy atom. The average Bonchev–Trinajstić information content (AvgIpc) is 2.99. The number of fused-ring (bicyclic) bond motifs is 1. The van der Waals surface area contributed by atoms with Crippen molar-refractivity contribution in [3.05, 3.63) is 0 Å². The lowest BCUT2D eigenvalue weighted by Gasteiger charge is -2.43. The Hall–Kier alpha value is -1.76. The first-order valence-electron chi connectivity index (χ1n) is 10.7. The number of aliphatic hydroxyl groups is 1. The fraction of sp³-hybridized carbons (Fsp3) is 0.818. The van der Waals surface area contributed by atoms with Gasteiger partial charge < -0.3 is 20.7 Å². The molecule has 1 aliphatic heterocycles. The summed E-state index contributed by atoms with van der Waals surface area (Å²) in [6.07, 6.45) is 3.28. The minimum absolute atomic E-state index is 0.0520. The third kappa shape index (κ3) is 4.39. The molecule has 0 aromatic rings. The molecular weight excluding hydrogens is 370 g/mol. The maximum Gasteiger partial charge on any atom is 0.243 e. The Morgan fingerprint density at radius 1 is 1.17 bits per heavy atom. The summed E-state index contributed by atoms with van der Waals surface area (Å²) in [6.45, 7) is 9.67. The van der Waals surface area contributed by atoms with Crippen molar-refractivity contribution < 1.29 is 19.5 Å².